The number of carboxylic acid groups (broad SMARTS) is 1. The Morgan fingerprint density at radius 3 is 2.23 bits per heavy atom. The quantitative estimate of drug-likeness (QED) is 0.876. The number of anilines is 2. The van der Waals surface area contributed by atoms with E-state index in [4.69, 9.17) is 9.84 Å². The summed E-state index contributed by atoms with van der Waals surface area (Å²) >= 11 is 0. The van der Waals surface area contributed by atoms with E-state index in [1.165, 1.54) is 12.1 Å². The number of hydrogen-bond acceptors (Lipinski definition) is 3. The van der Waals surface area contributed by atoms with Crippen LogP contribution in [0.2, 0.25) is 0 Å². The summed E-state index contributed by atoms with van der Waals surface area (Å²) < 4.78 is 19.1. The predicted octanol–water partition coefficient (Wildman–Crippen LogP) is 4.44. The highest BCUT2D eigenvalue weighted by molar-refractivity contribution is 5.89. The van der Waals surface area contributed by atoms with Crippen LogP contribution in [0.25, 0.3) is 0 Å². The molecule has 4 nitrogen and oxygen atoms in total. The van der Waals surface area contributed by atoms with Gasteiger partial charge in [-0.05, 0) is 63.2 Å². The van der Waals surface area contributed by atoms with E-state index < -0.39 is 11.8 Å². The first-order valence-corrected chi connectivity index (χ1v) is 6.83. The number of hydrogen-bond donors (Lipinski definition) is 2. The van der Waals surface area contributed by atoms with Gasteiger partial charge in [-0.2, -0.15) is 0 Å². The van der Waals surface area contributed by atoms with E-state index in [-0.39, 0.29) is 11.2 Å². The molecule has 0 heterocycles. The average Bonchev–Trinajstić information content (AvgIpc) is 2.41. The highest BCUT2D eigenvalue weighted by Crippen LogP contribution is 2.24. The number of halogens is 1. The predicted molar refractivity (Wildman–Crippen MR) is 83.5 cm³/mol. The fourth-order valence-corrected chi connectivity index (χ4v) is 1.89. The molecule has 0 fully saturated rings. The lowest BCUT2D eigenvalue weighted by atomic mass is 10.1. The summed E-state index contributed by atoms with van der Waals surface area (Å²) in [6, 6.07) is 11.1. The van der Waals surface area contributed by atoms with Crippen LogP contribution in [0.3, 0.4) is 0 Å². The Morgan fingerprint density at radius 1 is 1.09 bits per heavy atom. The van der Waals surface area contributed by atoms with Gasteiger partial charge in [-0.3, -0.25) is 0 Å². The monoisotopic (exact) mass is 303 g/mol. The highest BCUT2D eigenvalue weighted by Gasteiger charge is 2.12. The second-order valence-electron chi connectivity index (χ2n) is 5.86. The third-order valence-corrected chi connectivity index (χ3v) is 2.76. The van der Waals surface area contributed by atoms with E-state index in [2.05, 4.69) is 5.32 Å². The number of benzene rings is 2. The molecular weight excluding hydrogens is 285 g/mol. The molecule has 2 N–H and O–H groups in total. The van der Waals surface area contributed by atoms with Gasteiger partial charge in [-0.1, -0.05) is 0 Å². The molecule has 0 saturated carbocycles. The summed E-state index contributed by atoms with van der Waals surface area (Å²) in [7, 11) is 0. The van der Waals surface area contributed by atoms with Gasteiger partial charge in [0.05, 0.1) is 5.56 Å². The molecule has 0 aliphatic heterocycles. The topological polar surface area (TPSA) is 58.6 Å². The molecule has 2 rings (SSSR count). The van der Waals surface area contributed by atoms with Crippen LogP contribution in [-0.4, -0.2) is 16.7 Å². The lowest BCUT2D eigenvalue weighted by Crippen LogP contribution is -2.22. The molecular formula is C17H18FNO3. The number of rotatable bonds is 4. The zero-order valence-electron chi connectivity index (χ0n) is 12.7. The number of nitrogens with one attached hydrogen (secondary N) is 1. The lowest BCUT2D eigenvalue weighted by molar-refractivity contribution is 0.0692. The normalized spacial score (nSPS) is 11.1. The number of ether oxygens (including phenoxy) is 1. The Balaban J connectivity index is 2.14. The van der Waals surface area contributed by atoms with Crippen LogP contribution < -0.4 is 10.1 Å². The summed E-state index contributed by atoms with van der Waals surface area (Å²) in [6.45, 7) is 5.89. The number of carbonyl (C=O) groups is 1. The van der Waals surface area contributed by atoms with Crippen molar-refractivity contribution in [2.75, 3.05) is 5.32 Å². The molecule has 2 aromatic carbocycles. The van der Waals surface area contributed by atoms with Crippen molar-refractivity contribution < 1.29 is 19.0 Å². The molecule has 116 valence electrons. The molecule has 0 spiro atoms. The van der Waals surface area contributed by atoms with Crippen molar-refractivity contribution in [3.63, 3.8) is 0 Å². The van der Waals surface area contributed by atoms with E-state index in [1.54, 1.807) is 0 Å². The third kappa shape index (κ3) is 4.22. The van der Waals surface area contributed by atoms with E-state index in [1.807, 2.05) is 45.0 Å². The Hall–Kier alpha value is -2.56. The molecule has 0 aliphatic carbocycles. The third-order valence-electron chi connectivity index (χ3n) is 2.76. The van der Waals surface area contributed by atoms with Gasteiger partial charge in [0, 0.05) is 11.4 Å². The van der Waals surface area contributed by atoms with Gasteiger partial charge in [0.25, 0.3) is 0 Å². The first-order valence-electron chi connectivity index (χ1n) is 6.83. The Labute approximate surface area is 128 Å². The highest BCUT2D eigenvalue weighted by atomic mass is 19.1. The van der Waals surface area contributed by atoms with Gasteiger partial charge in [0.1, 0.15) is 17.2 Å². The molecule has 0 aromatic heterocycles. The zero-order chi connectivity index (χ0) is 16.3. The fraction of sp³-hybridized carbons (Fsp3) is 0.235. The second kappa shape index (κ2) is 6.05. The van der Waals surface area contributed by atoms with Crippen LogP contribution >= 0.6 is 0 Å². The van der Waals surface area contributed by atoms with Crippen molar-refractivity contribution in [2.24, 2.45) is 0 Å². The van der Waals surface area contributed by atoms with Gasteiger partial charge < -0.3 is 15.2 Å². The van der Waals surface area contributed by atoms with E-state index >= 15 is 0 Å². The lowest BCUT2D eigenvalue weighted by Gasteiger charge is -2.21. The minimum Gasteiger partial charge on any atom is -0.488 e. The molecule has 5 heteroatoms. The standard InChI is InChI=1S/C17H18FNO3/c1-17(2,3)22-13-7-4-11(5-8-13)19-12-6-9-15(18)14(10-12)16(20)21/h4-10,19H,1-3H3,(H,20,21). The van der Waals surface area contributed by atoms with E-state index in [9.17, 15) is 9.18 Å². The van der Waals surface area contributed by atoms with Gasteiger partial charge in [0.2, 0.25) is 0 Å². The smallest absolute Gasteiger partial charge is 0.338 e. The van der Waals surface area contributed by atoms with Crippen LogP contribution in [0.4, 0.5) is 15.8 Å². The minimum atomic E-state index is -1.30. The molecule has 0 unspecified atom stereocenters. The molecule has 0 amide bonds. The molecule has 0 atom stereocenters. The molecule has 0 aliphatic rings. The number of carboxylic acids is 1. The molecule has 22 heavy (non-hydrogen) atoms. The fourth-order valence-electron chi connectivity index (χ4n) is 1.89. The average molecular weight is 303 g/mol. The molecule has 0 bridgehead atoms. The van der Waals surface area contributed by atoms with Crippen LogP contribution in [-0.2, 0) is 0 Å². The maximum Gasteiger partial charge on any atom is 0.338 e. The zero-order valence-corrected chi connectivity index (χ0v) is 12.7. The maximum absolute atomic E-state index is 13.3. The maximum atomic E-state index is 13.3. The largest absolute Gasteiger partial charge is 0.488 e. The van der Waals surface area contributed by atoms with Crippen LogP contribution in [0.1, 0.15) is 31.1 Å². The van der Waals surface area contributed by atoms with Crippen molar-refractivity contribution in [3.8, 4) is 5.75 Å². The second-order valence-corrected chi connectivity index (χ2v) is 5.86. The molecule has 0 radical (unpaired) electrons. The minimum absolute atomic E-state index is 0.276. The Kier molecular flexibility index (Phi) is 4.35. The van der Waals surface area contributed by atoms with E-state index in [0.29, 0.717) is 5.69 Å². The summed E-state index contributed by atoms with van der Waals surface area (Å²) in [5, 5.41) is 11.9. The van der Waals surface area contributed by atoms with Crippen LogP contribution in [0.5, 0.6) is 5.75 Å². The van der Waals surface area contributed by atoms with Gasteiger partial charge >= 0.3 is 5.97 Å². The molecule has 2 aromatic rings. The SMILES string of the molecule is CC(C)(C)Oc1ccc(Nc2ccc(F)c(C(=O)O)c2)cc1. The van der Waals surface area contributed by atoms with Crippen LogP contribution in [0, 0.1) is 5.82 Å². The van der Waals surface area contributed by atoms with Crippen molar-refractivity contribution in [1.82, 2.24) is 0 Å². The van der Waals surface area contributed by atoms with Crippen molar-refractivity contribution >= 4 is 17.3 Å². The summed E-state index contributed by atoms with van der Waals surface area (Å²) in [6.07, 6.45) is 0. The van der Waals surface area contributed by atoms with E-state index in [0.717, 1.165) is 17.5 Å². The van der Waals surface area contributed by atoms with Gasteiger partial charge in [-0.15, -0.1) is 0 Å². The summed E-state index contributed by atoms with van der Waals surface area (Å²) in [4.78, 5) is 10.9. The Bertz CT molecular complexity index is 675. The van der Waals surface area contributed by atoms with Gasteiger partial charge in [-0.25, -0.2) is 9.18 Å². The van der Waals surface area contributed by atoms with Crippen molar-refractivity contribution in [3.05, 3.63) is 53.8 Å². The molecule has 0 saturated heterocycles. The van der Waals surface area contributed by atoms with Crippen LogP contribution in [0.15, 0.2) is 42.5 Å². The first-order chi connectivity index (χ1) is 10.2. The summed E-state index contributed by atoms with van der Waals surface area (Å²) in [5.74, 6) is -1.31. The van der Waals surface area contributed by atoms with Crippen molar-refractivity contribution in [1.29, 1.82) is 0 Å². The van der Waals surface area contributed by atoms with Crippen molar-refractivity contribution in [2.45, 2.75) is 26.4 Å². The first kappa shape index (κ1) is 15.8. The number of aromatic carboxylic acids is 1. The Morgan fingerprint density at radius 2 is 1.68 bits per heavy atom. The van der Waals surface area contributed by atoms with Gasteiger partial charge in [0.15, 0.2) is 0 Å². The summed E-state index contributed by atoms with van der Waals surface area (Å²) in [5.41, 5.74) is 0.618.